The van der Waals surface area contributed by atoms with Crippen molar-refractivity contribution in [2.24, 2.45) is 5.92 Å². The summed E-state index contributed by atoms with van der Waals surface area (Å²) in [6, 6.07) is 8.06. The van der Waals surface area contributed by atoms with E-state index in [1.165, 1.54) is 6.42 Å². The van der Waals surface area contributed by atoms with E-state index in [0.717, 1.165) is 36.1 Å². The summed E-state index contributed by atoms with van der Waals surface area (Å²) in [5, 5.41) is 3.41. The van der Waals surface area contributed by atoms with Gasteiger partial charge in [0.05, 0.1) is 0 Å². The average molecular weight is 309 g/mol. The predicted molar refractivity (Wildman–Crippen MR) is 74.6 cm³/mol. The van der Waals surface area contributed by atoms with E-state index in [-0.39, 0.29) is 5.91 Å². The number of hydrogen-bond acceptors (Lipinski definition) is 2. The Morgan fingerprint density at radius 3 is 2.83 bits per heavy atom. The second kappa shape index (κ2) is 5.02. The highest BCUT2D eigenvalue weighted by molar-refractivity contribution is 9.10. The van der Waals surface area contributed by atoms with Crippen molar-refractivity contribution < 1.29 is 4.79 Å². The third kappa shape index (κ3) is 2.19. The number of nitrogens with one attached hydrogen (secondary N) is 1. The van der Waals surface area contributed by atoms with Gasteiger partial charge in [0.2, 0.25) is 0 Å². The van der Waals surface area contributed by atoms with Gasteiger partial charge in [-0.15, -0.1) is 0 Å². The number of carbonyl (C=O) groups excluding carboxylic acids is 1. The van der Waals surface area contributed by atoms with E-state index in [1.54, 1.807) is 0 Å². The maximum Gasteiger partial charge on any atom is 0.254 e. The van der Waals surface area contributed by atoms with Crippen LogP contribution in [0.3, 0.4) is 0 Å². The van der Waals surface area contributed by atoms with Gasteiger partial charge in [-0.05, 0) is 43.0 Å². The van der Waals surface area contributed by atoms with Gasteiger partial charge >= 0.3 is 0 Å². The molecule has 2 aliphatic heterocycles. The van der Waals surface area contributed by atoms with E-state index in [4.69, 9.17) is 0 Å². The van der Waals surface area contributed by atoms with E-state index in [9.17, 15) is 4.79 Å². The third-order valence-corrected chi connectivity index (χ3v) is 4.56. The Bertz CT molecular complexity index is 446. The van der Waals surface area contributed by atoms with Crippen molar-refractivity contribution in [1.82, 2.24) is 10.2 Å². The van der Waals surface area contributed by atoms with Crippen LogP contribution in [0.1, 0.15) is 23.2 Å². The zero-order chi connectivity index (χ0) is 12.5. The summed E-state index contributed by atoms with van der Waals surface area (Å²) in [5.41, 5.74) is 0.797. The summed E-state index contributed by atoms with van der Waals surface area (Å²) in [6.45, 7) is 2.92. The number of nitrogens with zero attached hydrogens (tertiary/aromatic N) is 1. The van der Waals surface area contributed by atoms with E-state index in [2.05, 4.69) is 26.1 Å². The molecule has 2 unspecified atom stereocenters. The van der Waals surface area contributed by atoms with E-state index in [1.807, 2.05) is 24.3 Å². The highest BCUT2D eigenvalue weighted by Crippen LogP contribution is 2.27. The van der Waals surface area contributed by atoms with Crippen LogP contribution in [0.5, 0.6) is 0 Å². The molecule has 1 aromatic rings. The summed E-state index contributed by atoms with van der Waals surface area (Å²) in [6.07, 6.45) is 2.38. The number of rotatable bonds is 1. The minimum Gasteiger partial charge on any atom is -0.334 e. The molecule has 18 heavy (non-hydrogen) atoms. The number of benzene rings is 1. The number of halogens is 1. The molecular weight excluding hydrogens is 292 g/mol. The Labute approximate surface area is 116 Å². The van der Waals surface area contributed by atoms with E-state index < -0.39 is 0 Å². The van der Waals surface area contributed by atoms with Crippen molar-refractivity contribution in [2.45, 2.75) is 18.9 Å². The zero-order valence-corrected chi connectivity index (χ0v) is 11.8. The van der Waals surface area contributed by atoms with Gasteiger partial charge in [-0.2, -0.15) is 0 Å². The molecule has 1 aromatic carbocycles. The van der Waals surface area contributed by atoms with Crippen LogP contribution < -0.4 is 5.32 Å². The Balaban J connectivity index is 1.81. The number of likely N-dealkylation sites (tertiary alicyclic amines) is 1. The van der Waals surface area contributed by atoms with Gasteiger partial charge in [-0.3, -0.25) is 4.79 Å². The molecule has 1 amide bonds. The lowest BCUT2D eigenvalue weighted by Gasteiger charge is -2.37. The van der Waals surface area contributed by atoms with E-state index >= 15 is 0 Å². The van der Waals surface area contributed by atoms with Crippen molar-refractivity contribution in [3.8, 4) is 0 Å². The molecule has 2 fully saturated rings. The van der Waals surface area contributed by atoms with Crippen molar-refractivity contribution in [2.75, 3.05) is 19.6 Å². The largest absolute Gasteiger partial charge is 0.334 e. The smallest absolute Gasteiger partial charge is 0.254 e. The number of piperidine rings is 1. The van der Waals surface area contributed by atoms with Gasteiger partial charge < -0.3 is 10.2 Å². The maximum absolute atomic E-state index is 12.5. The summed E-state index contributed by atoms with van der Waals surface area (Å²) < 4.78 is 1.01. The Hall–Kier alpha value is -0.870. The fourth-order valence-corrected chi connectivity index (χ4v) is 3.34. The first-order valence-corrected chi connectivity index (χ1v) is 7.32. The molecule has 96 valence electrons. The number of fused-ring (bicyclic) bond motifs is 1. The number of hydrogen-bond donors (Lipinski definition) is 1. The van der Waals surface area contributed by atoms with Gasteiger partial charge in [0, 0.05) is 35.7 Å². The SMILES string of the molecule is O=C(c1ccc(Br)cc1)N1CCCC2CNCC21. The van der Waals surface area contributed by atoms with Gasteiger partial charge in [0.25, 0.3) is 5.91 Å². The minimum absolute atomic E-state index is 0.181. The molecule has 0 radical (unpaired) electrons. The first-order chi connectivity index (χ1) is 8.75. The molecule has 2 saturated heterocycles. The van der Waals surface area contributed by atoms with Crippen LogP contribution in [-0.2, 0) is 0 Å². The number of amides is 1. The summed E-state index contributed by atoms with van der Waals surface area (Å²) in [4.78, 5) is 14.6. The minimum atomic E-state index is 0.181. The molecule has 3 rings (SSSR count). The fourth-order valence-electron chi connectivity index (χ4n) is 3.08. The van der Waals surface area contributed by atoms with Gasteiger partial charge in [0.1, 0.15) is 0 Å². The third-order valence-electron chi connectivity index (χ3n) is 4.03. The first kappa shape index (κ1) is 12.2. The molecule has 4 heteroatoms. The summed E-state index contributed by atoms with van der Waals surface area (Å²) >= 11 is 3.40. The molecule has 0 aromatic heterocycles. The lowest BCUT2D eigenvalue weighted by Crippen LogP contribution is -2.48. The van der Waals surface area contributed by atoms with Crippen LogP contribution in [-0.4, -0.2) is 36.5 Å². The molecule has 1 N–H and O–H groups in total. The normalized spacial score (nSPS) is 27.1. The summed E-state index contributed by atoms with van der Waals surface area (Å²) in [7, 11) is 0. The van der Waals surface area contributed by atoms with Crippen molar-refractivity contribution >= 4 is 21.8 Å². The van der Waals surface area contributed by atoms with Crippen LogP contribution in [0.2, 0.25) is 0 Å². The maximum atomic E-state index is 12.5. The van der Waals surface area contributed by atoms with Crippen LogP contribution in [0.15, 0.2) is 28.7 Å². The van der Waals surface area contributed by atoms with Gasteiger partial charge in [-0.1, -0.05) is 15.9 Å². The zero-order valence-electron chi connectivity index (χ0n) is 10.2. The fraction of sp³-hybridized carbons (Fsp3) is 0.500. The van der Waals surface area contributed by atoms with Crippen LogP contribution >= 0.6 is 15.9 Å². The molecule has 0 aliphatic carbocycles. The molecule has 0 saturated carbocycles. The lowest BCUT2D eigenvalue weighted by molar-refractivity contribution is 0.0575. The summed E-state index contributed by atoms with van der Waals surface area (Å²) in [5.74, 6) is 0.832. The monoisotopic (exact) mass is 308 g/mol. The second-order valence-electron chi connectivity index (χ2n) is 5.13. The van der Waals surface area contributed by atoms with Crippen molar-refractivity contribution in [3.05, 3.63) is 34.3 Å². The van der Waals surface area contributed by atoms with Gasteiger partial charge in [0.15, 0.2) is 0 Å². The Kier molecular flexibility index (Phi) is 3.39. The molecule has 2 atom stereocenters. The van der Waals surface area contributed by atoms with Gasteiger partial charge in [-0.25, -0.2) is 0 Å². The lowest BCUT2D eigenvalue weighted by atomic mass is 9.91. The molecule has 0 spiro atoms. The molecule has 0 bridgehead atoms. The predicted octanol–water partition coefficient (Wildman–Crippen LogP) is 2.27. The van der Waals surface area contributed by atoms with Crippen molar-refractivity contribution in [1.29, 1.82) is 0 Å². The standard InChI is InChI=1S/C14H17BrN2O/c15-12-5-3-10(4-6-12)14(18)17-7-1-2-11-8-16-9-13(11)17/h3-6,11,13,16H,1-2,7-9H2. The highest BCUT2D eigenvalue weighted by Gasteiger charge is 2.37. The molecule has 2 heterocycles. The van der Waals surface area contributed by atoms with Crippen LogP contribution in [0, 0.1) is 5.92 Å². The first-order valence-electron chi connectivity index (χ1n) is 6.53. The quantitative estimate of drug-likeness (QED) is 0.863. The molecular formula is C14H17BrN2O. The Morgan fingerprint density at radius 2 is 2.06 bits per heavy atom. The average Bonchev–Trinajstić information content (AvgIpc) is 2.87. The Morgan fingerprint density at radius 1 is 1.28 bits per heavy atom. The van der Waals surface area contributed by atoms with Crippen molar-refractivity contribution in [3.63, 3.8) is 0 Å². The highest BCUT2D eigenvalue weighted by atomic mass is 79.9. The number of carbonyl (C=O) groups is 1. The molecule has 2 aliphatic rings. The van der Waals surface area contributed by atoms with Crippen LogP contribution in [0.4, 0.5) is 0 Å². The topological polar surface area (TPSA) is 32.3 Å². The van der Waals surface area contributed by atoms with Crippen LogP contribution in [0.25, 0.3) is 0 Å². The second-order valence-corrected chi connectivity index (χ2v) is 6.05. The molecule has 3 nitrogen and oxygen atoms in total. The van der Waals surface area contributed by atoms with E-state index in [0.29, 0.717) is 12.0 Å².